The fourth-order valence-corrected chi connectivity index (χ4v) is 3.15. The van der Waals surface area contributed by atoms with Crippen molar-refractivity contribution in [3.63, 3.8) is 0 Å². The van der Waals surface area contributed by atoms with Crippen molar-refractivity contribution in [3.8, 4) is 0 Å². The van der Waals surface area contributed by atoms with Gasteiger partial charge >= 0.3 is 12.2 Å². The number of hydrogen-bond donors (Lipinski definition) is 1. The molecule has 0 unspecified atom stereocenters. The number of carbonyl (C=O) groups excluding carboxylic acids is 1. The number of nitrogens with one attached hydrogen (secondary N) is 1. The number of urea groups is 1. The standard InChI is InChI=1S/C19H20F4N4O/c1-13-5-6-14(12-15(13)19(21,22)23)25-18(28)27-9-3-8-26(10-11-27)17-16(20)4-2-7-24-17/h2,4-7,12H,3,8-11H2,1H3,(H,25,28). The molecule has 2 heterocycles. The second-order valence-electron chi connectivity index (χ2n) is 6.59. The zero-order valence-electron chi connectivity index (χ0n) is 15.3. The van der Waals surface area contributed by atoms with Gasteiger partial charge in [0.2, 0.25) is 0 Å². The van der Waals surface area contributed by atoms with Gasteiger partial charge in [0.1, 0.15) is 0 Å². The molecule has 0 radical (unpaired) electrons. The van der Waals surface area contributed by atoms with Crippen LogP contribution in [-0.2, 0) is 6.18 Å². The lowest BCUT2D eigenvalue weighted by atomic mass is 10.1. The zero-order chi connectivity index (χ0) is 20.3. The summed E-state index contributed by atoms with van der Waals surface area (Å²) in [5.74, 6) is -0.196. The number of alkyl halides is 3. The second kappa shape index (κ2) is 8.04. The van der Waals surface area contributed by atoms with Crippen LogP contribution in [0, 0.1) is 12.7 Å². The molecule has 0 atom stereocenters. The van der Waals surface area contributed by atoms with Crippen molar-refractivity contribution < 1.29 is 22.4 Å². The molecule has 2 amide bonds. The number of amides is 2. The molecule has 1 saturated heterocycles. The fraction of sp³-hybridized carbons (Fsp3) is 0.368. The second-order valence-corrected chi connectivity index (χ2v) is 6.59. The van der Waals surface area contributed by atoms with Gasteiger partial charge in [-0.15, -0.1) is 0 Å². The Morgan fingerprint density at radius 1 is 1.14 bits per heavy atom. The summed E-state index contributed by atoms with van der Waals surface area (Å²) in [6, 6.07) is 6.05. The first-order valence-corrected chi connectivity index (χ1v) is 8.85. The predicted molar refractivity (Wildman–Crippen MR) is 97.8 cm³/mol. The summed E-state index contributed by atoms with van der Waals surface area (Å²) in [4.78, 5) is 19.8. The Morgan fingerprint density at radius 3 is 2.64 bits per heavy atom. The van der Waals surface area contributed by atoms with Crippen LogP contribution in [0.5, 0.6) is 0 Å². The molecule has 1 N–H and O–H groups in total. The maximum Gasteiger partial charge on any atom is 0.416 e. The van der Waals surface area contributed by atoms with Crippen molar-refractivity contribution in [1.29, 1.82) is 0 Å². The number of hydrogen-bond acceptors (Lipinski definition) is 3. The average Bonchev–Trinajstić information content (AvgIpc) is 2.89. The number of aryl methyl sites for hydroxylation is 1. The summed E-state index contributed by atoms with van der Waals surface area (Å²) in [6.45, 7) is 2.99. The van der Waals surface area contributed by atoms with Crippen LogP contribution in [0.15, 0.2) is 36.5 Å². The van der Waals surface area contributed by atoms with Gasteiger partial charge in [-0.25, -0.2) is 14.2 Å². The Hall–Kier alpha value is -2.84. The molecule has 1 aliphatic rings. The van der Waals surface area contributed by atoms with Gasteiger partial charge in [0, 0.05) is 38.1 Å². The maximum absolute atomic E-state index is 13.9. The normalized spacial score (nSPS) is 15.3. The van der Waals surface area contributed by atoms with E-state index in [9.17, 15) is 22.4 Å². The maximum atomic E-state index is 13.9. The van der Waals surface area contributed by atoms with E-state index in [1.807, 2.05) is 0 Å². The molecule has 1 aromatic heterocycles. The highest BCUT2D eigenvalue weighted by Crippen LogP contribution is 2.33. The lowest BCUT2D eigenvalue weighted by Gasteiger charge is -2.23. The van der Waals surface area contributed by atoms with Crippen molar-refractivity contribution in [1.82, 2.24) is 9.88 Å². The van der Waals surface area contributed by atoms with Gasteiger partial charge in [-0.3, -0.25) is 0 Å². The van der Waals surface area contributed by atoms with E-state index in [-0.39, 0.29) is 17.1 Å². The number of carbonyl (C=O) groups is 1. The molecule has 0 aliphatic carbocycles. The quantitative estimate of drug-likeness (QED) is 0.771. The van der Waals surface area contributed by atoms with E-state index >= 15 is 0 Å². The van der Waals surface area contributed by atoms with Crippen LogP contribution in [0.25, 0.3) is 0 Å². The van der Waals surface area contributed by atoms with Crippen LogP contribution < -0.4 is 10.2 Å². The van der Waals surface area contributed by atoms with Crippen molar-refractivity contribution in [2.45, 2.75) is 19.5 Å². The molecule has 1 aromatic carbocycles. The minimum Gasteiger partial charge on any atom is -0.352 e. The third-order valence-electron chi connectivity index (χ3n) is 4.62. The topological polar surface area (TPSA) is 48.5 Å². The molecule has 1 aliphatic heterocycles. The third-order valence-corrected chi connectivity index (χ3v) is 4.62. The van der Waals surface area contributed by atoms with Gasteiger partial charge in [0.15, 0.2) is 11.6 Å². The largest absolute Gasteiger partial charge is 0.416 e. The van der Waals surface area contributed by atoms with E-state index in [0.717, 1.165) is 6.07 Å². The highest BCUT2D eigenvalue weighted by Gasteiger charge is 2.32. The molecule has 28 heavy (non-hydrogen) atoms. The smallest absolute Gasteiger partial charge is 0.352 e. The SMILES string of the molecule is Cc1ccc(NC(=O)N2CCCN(c3ncccc3F)CC2)cc1C(F)(F)F. The zero-order valence-corrected chi connectivity index (χ0v) is 15.3. The number of halogens is 4. The lowest BCUT2D eigenvalue weighted by Crippen LogP contribution is -2.38. The van der Waals surface area contributed by atoms with E-state index in [1.165, 1.54) is 42.3 Å². The molecule has 0 saturated carbocycles. The molecular formula is C19H20F4N4O. The van der Waals surface area contributed by atoms with Crippen LogP contribution in [0.4, 0.5) is 33.9 Å². The Morgan fingerprint density at radius 2 is 1.93 bits per heavy atom. The van der Waals surface area contributed by atoms with Gasteiger partial charge in [0.05, 0.1) is 5.56 Å². The van der Waals surface area contributed by atoms with Crippen molar-refractivity contribution in [3.05, 3.63) is 53.5 Å². The monoisotopic (exact) mass is 396 g/mol. The molecule has 1 fully saturated rings. The van der Waals surface area contributed by atoms with Crippen molar-refractivity contribution >= 4 is 17.5 Å². The Balaban J connectivity index is 1.67. The van der Waals surface area contributed by atoms with E-state index < -0.39 is 23.6 Å². The minimum absolute atomic E-state index is 0.0831. The van der Waals surface area contributed by atoms with E-state index in [2.05, 4.69) is 10.3 Å². The number of benzene rings is 1. The van der Waals surface area contributed by atoms with Crippen LogP contribution >= 0.6 is 0 Å². The predicted octanol–water partition coefficient (Wildman–Crippen LogP) is 4.29. The number of pyridine rings is 1. The lowest BCUT2D eigenvalue weighted by molar-refractivity contribution is -0.138. The molecule has 3 rings (SSSR count). The number of rotatable bonds is 2. The number of nitrogens with zero attached hydrogens (tertiary/aromatic N) is 3. The van der Waals surface area contributed by atoms with Gasteiger partial charge in [-0.2, -0.15) is 13.2 Å². The molecule has 9 heteroatoms. The highest BCUT2D eigenvalue weighted by atomic mass is 19.4. The summed E-state index contributed by atoms with van der Waals surface area (Å²) in [5.41, 5.74) is -0.605. The van der Waals surface area contributed by atoms with Crippen LogP contribution in [-0.4, -0.2) is 42.1 Å². The van der Waals surface area contributed by atoms with Crippen molar-refractivity contribution in [2.24, 2.45) is 0 Å². The summed E-state index contributed by atoms with van der Waals surface area (Å²) in [5, 5.41) is 2.52. The molecule has 0 bridgehead atoms. The van der Waals surface area contributed by atoms with Gasteiger partial charge in [-0.1, -0.05) is 6.07 Å². The molecule has 0 spiro atoms. The van der Waals surface area contributed by atoms with Crippen LogP contribution in [0.1, 0.15) is 17.5 Å². The number of aromatic nitrogens is 1. The van der Waals surface area contributed by atoms with E-state index in [4.69, 9.17) is 0 Å². The Kier molecular flexibility index (Phi) is 5.71. The summed E-state index contributed by atoms with van der Waals surface area (Å²) >= 11 is 0. The summed E-state index contributed by atoms with van der Waals surface area (Å²) in [6.07, 6.45) is -2.39. The van der Waals surface area contributed by atoms with Crippen molar-refractivity contribution in [2.75, 3.05) is 36.4 Å². The fourth-order valence-electron chi connectivity index (χ4n) is 3.15. The van der Waals surface area contributed by atoms with Crippen LogP contribution in [0.3, 0.4) is 0 Å². The van der Waals surface area contributed by atoms with E-state index in [1.54, 1.807) is 4.90 Å². The van der Waals surface area contributed by atoms with E-state index in [0.29, 0.717) is 32.6 Å². The Labute approximate surface area is 160 Å². The molecule has 2 aromatic rings. The molecule has 150 valence electrons. The van der Waals surface area contributed by atoms with Gasteiger partial charge in [0.25, 0.3) is 0 Å². The van der Waals surface area contributed by atoms with Crippen LogP contribution in [0.2, 0.25) is 0 Å². The molecular weight excluding hydrogens is 376 g/mol. The first-order chi connectivity index (χ1) is 13.3. The van der Waals surface area contributed by atoms with Gasteiger partial charge in [-0.05, 0) is 43.2 Å². The first-order valence-electron chi connectivity index (χ1n) is 8.85. The highest BCUT2D eigenvalue weighted by molar-refractivity contribution is 5.89. The Bertz CT molecular complexity index is 856. The van der Waals surface area contributed by atoms with Gasteiger partial charge < -0.3 is 15.1 Å². The summed E-state index contributed by atoms with van der Waals surface area (Å²) in [7, 11) is 0. The number of anilines is 2. The molecule has 5 nitrogen and oxygen atoms in total. The average molecular weight is 396 g/mol. The summed E-state index contributed by atoms with van der Waals surface area (Å²) < 4.78 is 53.1. The minimum atomic E-state index is -4.49. The first kappa shape index (κ1) is 19.9. The third kappa shape index (κ3) is 4.52.